The van der Waals surface area contributed by atoms with Crippen LogP contribution >= 0.6 is 23.1 Å². The number of thiophene rings is 1. The van der Waals surface area contributed by atoms with E-state index in [4.69, 9.17) is 4.98 Å². The molecule has 2 heterocycles. The molecule has 0 aliphatic heterocycles. The lowest BCUT2D eigenvalue weighted by Crippen LogP contribution is -2.16. The number of benzene rings is 1. The van der Waals surface area contributed by atoms with Gasteiger partial charge in [0.15, 0.2) is 0 Å². The maximum absolute atomic E-state index is 12.6. The van der Waals surface area contributed by atoms with Crippen molar-refractivity contribution in [3.05, 3.63) is 45.6 Å². The number of nitrogens with one attached hydrogen (secondary N) is 1. The Morgan fingerprint density at radius 1 is 1.25 bits per heavy atom. The molecule has 1 amide bonds. The number of carbonyl (C=O) groups excluding carboxylic acids is 1. The van der Waals surface area contributed by atoms with Gasteiger partial charge in [-0.1, -0.05) is 36.9 Å². The third-order valence-corrected chi connectivity index (χ3v) is 7.44. The van der Waals surface area contributed by atoms with Crippen molar-refractivity contribution in [2.24, 2.45) is 5.92 Å². The van der Waals surface area contributed by atoms with Crippen molar-refractivity contribution in [3.8, 4) is 0 Å². The molecule has 1 N–H and O–H groups in total. The Morgan fingerprint density at radius 2 is 2.00 bits per heavy atom. The minimum Gasteiger partial charge on any atom is -0.325 e. The maximum Gasteiger partial charge on any atom is 0.234 e. The molecule has 0 radical (unpaired) electrons. The quantitative estimate of drug-likeness (QED) is 0.457. The maximum atomic E-state index is 12.6. The van der Waals surface area contributed by atoms with Crippen LogP contribution in [-0.2, 0) is 17.6 Å². The number of amides is 1. The van der Waals surface area contributed by atoms with Crippen LogP contribution in [0.5, 0.6) is 0 Å². The molecule has 0 saturated heterocycles. The Morgan fingerprint density at radius 3 is 2.75 bits per heavy atom. The lowest BCUT2D eigenvalue weighted by Gasteiger charge is -2.18. The minimum atomic E-state index is 0.00420. The smallest absolute Gasteiger partial charge is 0.234 e. The number of aryl methyl sites for hydroxylation is 4. The zero-order valence-electron chi connectivity index (χ0n) is 16.8. The molecule has 28 heavy (non-hydrogen) atoms. The first-order chi connectivity index (χ1) is 13.4. The van der Waals surface area contributed by atoms with Gasteiger partial charge in [-0.05, 0) is 62.6 Å². The van der Waals surface area contributed by atoms with E-state index in [0.29, 0.717) is 5.75 Å². The van der Waals surface area contributed by atoms with E-state index in [1.807, 2.05) is 50.3 Å². The molecule has 4 nitrogen and oxygen atoms in total. The highest BCUT2D eigenvalue weighted by Crippen LogP contribution is 2.40. The normalized spacial score (nSPS) is 16.2. The SMILES string of the molecule is Cc1nc(SCC(=O)Nc2c(C)cccc2C)c2c3c(sc2n1)C[C@@H](C)CC3. The number of anilines is 1. The molecule has 0 bridgehead atoms. The number of thioether (sulfide) groups is 1. The standard InChI is InChI=1S/C22H25N3OS2/c1-12-8-9-16-17(10-12)28-22-19(16)21(23-15(4)24-22)27-11-18(26)25-20-13(2)6-5-7-14(20)3/h5-7,12H,8-11H2,1-4H3,(H,25,26)/t12-/m0/s1. The van der Waals surface area contributed by atoms with Crippen molar-refractivity contribution >= 4 is 44.9 Å². The van der Waals surface area contributed by atoms with Crippen molar-refractivity contribution in [2.45, 2.75) is 52.0 Å². The average molecular weight is 412 g/mol. The topological polar surface area (TPSA) is 54.9 Å². The van der Waals surface area contributed by atoms with Crippen LogP contribution in [0.3, 0.4) is 0 Å². The number of carbonyl (C=O) groups is 1. The third-order valence-electron chi connectivity index (χ3n) is 5.32. The van der Waals surface area contributed by atoms with Gasteiger partial charge in [0.1, 0.15) is 15.7 Å². The second-order valence-corrected chi connectivity index (χ2v) is 9.76. The predicted molar refractivity (Wildman–Crippen MR) is 119 cm³/mol. The largest absolute Gasteiger partial charge is 0.325 e. The molecule has 1 atom stereocenters. The van der Waals surface area contributed by atoms with E-state index >= 15 is 0 Å². The second-order valence-electron chi connectivity index (χ2n) is 7.71. The van der Waals surface area contributed by atoms with Gasteiger partial charge in [-0.2, -0.15) is 0 Å². The highest BCUT2D eigenvalue weighted by molar-refractivity contribution is 8.00. The second kappa shape index (κ2) is 7.84. The average Bonchev–Trinajstić information content (AvgIpc) is 2.99. The van der Waals surface area contributed by atoms with Crippen molar-refractivity contribution in [1.82, 2.24) is 9.97 Å². The number of rotatable bonds is 4. The zero-order valence-corrected chi connectivity index (χ0v) is 18.4. The van der Waals surface area contributed by atoms with Crippen molar-refractivity contribution < 1.29 is 4.79 Å². The summed E-state index contributed by atoms with van der Waals surface area (Å²) in [5.41, 5.74) is 4.49. The number of fused-ring (bicyclic) bond motifs is 3. The van der Waals surface area contributed by atoms with Crippen LogP contribution < -0.4 is 5.32 Å². The summed E-state index contributed by atoms with van der Waals surface area (Å²) in [6, 6.07) is 6.05. The Labute approximate surface area is 174 Å². The zero-order chi connectivity index (χ0) is 19.8. The molecule has 0 saturated carbocycles. The Bertz CT molecular complexity index is 1040. The van der Waals surface area contributed by atoms with E-state index in [1.165, 1.54) is 34.0 Å². The molecule has 1 aliphatic carbocycles. The number of hydrogen-bond donors (Lipinski definition) is 1. The molecular weight excluding hydrogens is 386 g/mol. The molecule has 6 heteroatoms. The van der Waals surface area contributed by atoms with Crippen molar-refractivity contribution in [3.63, 3.8) is 0 Å². The first-order valence-corrected chi connectivity index (χ1v) is 11.5. The van der Waals surface area contributed by atoms with Gasteiger partial charge < -0.3 is 5.32 Å². The Kier molecular flexibility index (Phi) is 5.43. The van der Waals surface area contributed by atoms with Gasteiger partial charge in [0.05, 0.1) is 5.75 Å². The van der Waals surface area contributed by atoms with Crippen LogP contribution in [-0.4, -0.2) is 21.6 Å². The van der Waals surface area contributed by atoms with Crippen LogP contribution in [0.15, 0.2) is 23.2 Å². The Hall–Kier alpha value is -1.92. The lowest BCUT2D eigenvalue weighted by atomic mass is 9.89. The predicted octanol–water partition coefficient (Wildman–Crippen LogP) is 5.47. The fourth-order valence-electron chi connectivity index (χ4n) is 3.84. The van der Waals surface area contributed by atoms with E-state index in [9.17, 15) is 4.79 Å². The van der Waals surface area contributed by atoms with E-state index in [0.717, 1.165) is 51.3 Å². The third kappa shape index (κ3) is 3.80. The van der Waals surface area contributed by atoms with Gasteiger partial charge in [-0.15, -0.1) is 11.3 Å². The number of hydrogen-bond acceptors (Lipinski definition) is 5. The molecule has 3 aromatic rings. The van der Waals surface area contributed by atoms with E-state index < -0.39 is 0 Å². The molecule has 0 fully saturated rings. The highest BCUT2D eigenvalue weighted by Gasteiger charge is 2.24. The fourth-order valence-corrected chi connectivity index (χ4v) is 6.23. The number of aromatic nitrogens is 2. The highest BCUT2D eigenvalue weighted by atomic mass is 32.2. The van der Waals surface area contributed by atoms with Gasteiger partial charge in [-0.25, -0.2) is 9.97 Å². The van der Waals surface area contributed by atoms with Gasteiger partial charge in [0, 0.05) is 16.0 Å². The van der Waals surface area contributed by atoms with Gasteiger partial charge >= 0.3 is 0 Å². The first-order valence-electron chi connectivity index (χ1n) is 9.70. The van der Waals surface area contributed by atoms with Crippen LogP contribution in [0, 0.1) is 26.7 Å². The number of nitrogens with zero attached hydrogens (tertiary/aromatic N) is 2. The van der Waals surface area contributed by atoms with Gasteiger partial charge in [-0.3, -0.25) is 4.79 Å². The first kappa shape index (κ1) is 19.4. The van der Waals surface area contributed by atoms with Crippen LogP contribution in [0.4, 0.5) is 5.69 Å². The van der Waals surface area contributed by atoms with Crippen LogP contribution in [0.25, 0.3) is 10.2 Å². The minimum absolute atomic E-state index is 0.00420. The summed E-state index contributed by atoms with van der Waals surface area (Å²) in [5, 5.41) is 5.21. The molecule has 1 aliphatic rings. The molecule has 4 rings (SSSR count). The number of para-hydroxylation sites is 1. The van der Waals surface area contributed by atoms with Gasteiger partial charge in [0.25, 0.3) is 0 Å². The molecule has 0 spiro atoms. The fraction of sp³-hybridized carbons (Fsp3) is 0.409. The van der Waals surface area contributed by atoms with E-state index in [-0.39, 0.29) is 5.91 Å². The molecule has 0 unspecified atom stereocenters. The molecule has 2 aromatic heterocycles. The van der Waals surface area contributed by atoms with E-state index in [1.54, 1.807) is 0 Å². The summed E-state index contributed by atoms with van der Waals surface area (Å²) >= 11 is 3.33. The summed E-state index contributed by atoms with van der Waals surface area (Å²) in [6.45, 7) is 8.29. The van der Waals surface area contributed by atoms with Crippen LogP contribution in [0.2, 0.25) is 0 Å². The molecule has 1 aromatic carbocycles. The van der Waals surface area contributed by atoms with Gasteiger partial charge in [0.2, 0.25) is 5.91 Å². The summed E-state index contributed by atoms with van der Waals surface area (Å²) in [5.74, 6) is 1.86. The van der Waals surface area contributed by atoms with E-state index in [2.05, 4.69) is 17.2 Å². The van der Waals surface area contributed by atoms with Crippen molar-refractivity contribution in [1.29, 1.82) is 0 Å². The monoisotopic (exact) mass is 411 g/mol. The summed E-state index contributed by atoms with van der Waals surface area (Å²) in [6.07, 6.45) is 3.43. The Balaban J connectivity index is 1.57. The lowest BCUT2D eigenvalue weighted by molar-refractivity contribution is -0.113. The summed E-state index contributed by atoms with van der Waals surface area (Å²) in [7, 11) is 0. The molecular formula is C22H25N3OS2. The van der Waals surface area contributed by atoms with Crippen molar-refractivity contribution in [2.75, 3.05) is 11.1 Å². The van der Waals surface area contributed by atoms with Crippen LogP contribution in [0.1, 0.15) is 40.7 Å². The molecule has 146 valence electrons. The summed E-state index contributed by atoms with van der Waals surface area (Å²) < 4.78 is 0. The summed E-state index contributed by atoms with van der Waals surface area (Å²) in [4.78, 5) is 24.5.